The zero-order chi connectivity index (χ0) is 15.6. The molecule has 1 saturated heterocycles. The minimum Gasteiger partial charge on any atom is -0.444 e. The van der Waals surface area contributed by atoms with Crippen LogP contribution in [0.5, 0.6) is 0 Å². The highest BCUT2D eigenvalue weighted by Crippen LogP contribution is 2.35. The average molecular weight is 305 g/mol. The number of fused-ring (bicyclic) bond motifs is 1. The molecule has 2 fully saturated rings. The van der Waals surface area contributed by atoms with Gasteiger partial charge in [-0.3, -0.25) is 9.88 Å². The van der Waals surface area contributed by atoms with Crippen LogP contribution in [0.3, 0.4) is 0 Å². The van der Waals surface area contributed by atoms with Gasteiger partial charge >= 0.3 is 6.09 Å². The van der Waals surface area contributed by atoms with E-state index in [-0.39, 0.29) is 18.2 Å². The lowest BCUT2D eigenvalue weighted by molar-refractivity contribution is 0.138. The standard InChI is InChI=1S/C18H15N3O2/c22-18-21(15-4-1-5-16(15)23-18)17-9-8-14(12-20-17)7-6-13-3-2-10-19-11-13/h2-3,8-12,15-16H,1,4-5H2/t15-,16+/m1/s1. The maximum absolute atomic E-state index is 12.0. The lowest BCUT2D eigenvalue weighted by Crippen LogP contribution is -2.34. The molecule has 1 aliphatic heterocycles. The van der Waals surface area contributed by atoms with Crippen molar-refractivity contribution >= 4 is 11.9 Å². The van der Waals surface area contributed by atoms with Crippen molar-refractivity contribution in [2.24, 2.45) is 0 Å². The molecule has 2 aromatic rings. The maximum Gasteiger partial charge on any atom is 0.416 e. The fourth-order valence-corrected chi connectivity index (χ4v) is 3.11. The van der Waals surface area contributed by atoms with E-state index in [1.165, 1.54) is 0 Å². The van der Waals surface area contributed by atoms with Crippen LogP contribution in [-0.4, -0.2) is 28.2 Å². The van der Waals surface area contributed by atoms with Crippen LogP contribution in [0, 0.1) is 11.8 Å². The first-order chi connectivity index (χ1) is 11.3. The molecule has 0 N–H and O–H groups in total. The minimum atomic E-state index is -0.290. The van der Waals surface area contributed by atoms with Crippen molar-refractivity contribution in [3.8, 4) is 11.8 Å². The fourth-order valence-electron chi connectivity index (χ4n) is 3.11. The fraction of sp³-hybridized carbons (Fsp3) is 0.278. The summed E-state index contributed by atoms with van der Waals surface area (Å²) in [4.78, 5) is 22.1. The third-order valence-corrected chi connectivity index (χ3v) is 4.21. The zero-order valence-corrected chi connectivity index (χ0v) is 12.5. The molecule has 1 amide bonds. The topological polar surface area (TPSA) is 55.3 Å². The summed E-state index contributed by atoms with van der Waals surface area (Å²) in [5.74, 6) is 6.72. The molecule has 2 aliphatic rings. The number of carbonyl (C=O) groups excluding carboxylic acids is 1. The van der Waals surface area contributed by atoms with E-state index in [1.54, 1.807) is 23.5 Å². The monoisotopic (exact) mass is 305 g/mol. The number of rotatable bonds is 1. The van der Waals surface area contributed by atoms with Crippen molar-refractivity contribution in [2.75, 3.05) is 4.90 Å². The number of hydrogen-bond acceptors (Lipinski definition) is 4. The summed E-state index contributed by atoms with van der Waals surface area (Å²) in [5.41, 5.74) is 1.65. The van der Waals surface area contributed by atoms with Crippen molar-refractivity contribution in [1.82, 2.24) is 9.97 Å². The van der Waals surface area contributed by atoms with Gasteiger partial charge in [0.15, 0.2) is 0 Å². The highest BCUT2D eigenvalue weighted by atomic mass is 16.6. The van der Waals surface area contributed by atoms with E-state index >= 15 is 0 Å². The molecule has 2 aromatic heterocycles. The van der Waals surface area contributed by atoms with Gasteiger partial charge in [-0.15, -0.1) is 0 Å². The second-order valence-electron chi connectivity index (χ2n) is 5.69. The smallest absolute Gasteiger partial charge is 0.416 e. The molecule has 114 valence electrons. The van der Waals surface area contributed by atoms with Crippen LogP contribution in [0.25, 0.3) is 0 Å². The molecule has 2 atom stereocenters. The van der Waals surface area contributed by atoms with Gasteiger partial charge < -0.3 is 4.74 Å². The summed E-state index contributed by atoms with van der Waals surface area (Å²) in [5, 5.41) is 0. The van der Waals surface area contributed by atoms with Crippen LogP contribution in [0.1, 0.15) is 30.4 Å². The summed E-state index contributed by atoms with van der Waals surface area (Å²) >= 11 is 0. The van der Waals surface area contributed by atoms with E-state index in [9.17, 15) is 4.79 Å². The molecule has 3 heterocycles. The number of anilines is 1. The number of nitrogens with zero attached hydrogens (tertiary/aromatic N) is 3. The number of pyridine rings is 2. The van der Waals surface area contributed by atoms with E-state index in [0.717, 1.165) is 30.4 Å². The molecule has 5 nitrogen and oxygen atoms in total. The molecule has 4 rings (SSSR count). The molecule has 1 saturated carbocycles. The van der Waals surface area contributed by atoms with Gasteiger partial charge in [0.1, 0.15) is 11.9 Å². The Hall–Kier alpha value is -2.87. The van der Waals surface area contributed by atoms with E-state index in [1.807, 2.05) is 24.3 Å². The molecule has 0 bridgehead atoms. The van der Waals surface area contributed by atoms with E-state index in [0.29, 0.717) is 5.82 Å². The largest absolute Gasteiger partial charge is 0.444 e. The Balaban J connectivity index is 1.55. The van der Waals surface area contributed by atoms with Gasteiger partial charge in [0, 0.05) is 29.7 Å². The molecular formula is C18H15N3O2. The average Bonchev–Trinajstić information content (AvgIpc) is 3.14. The first-order valence-corrected chi connectivity index (χ1v) is 7.69. The van der Waals surface area contributed by atoms with Gasteiger partial charge in [-0.25, -0.2) is 9.78 Å². The van der Waals surface area contributed by atoms with E-state index in [4.69, 9.17) is 4.74 Å². The molecular weight excluding hydrogens is 290 g/mol. The highest BCUT2D eigenvalue weighted by Gasteiger charge is 2.45. The highest BCUT2D eigenvalue weighted by molar-refractivity contribution is 5.89. The maximum atomic E-state index is 12.0. The van der Waals surface area contributed by atoms with Crippen molar-refractivity contribution in [1.29, 1.82) is 0 Å². The van der Waals surface area contributed by atoms with E-state index < -0.39 is 0 Å². The van der Waals surface area contributed by atoms with Crippen molar-refractivity contribution in [2.45, 2.75) is 31.4 Å². The van der Waals surface area contributed by atoms with Gasteiger partial charge in [0.05, 0.1) is 6.04 Å². The van der Waals surface area contributed by atoms with Gasteiger partial charge in [-0.1, -0.05) is 11.8 Å². The van der Waals surface area contributed by atoms with Gasteiger partial charge in [0.25, 0.3) is 0 Å². The number of carbonyl (C=O) groups is 1. The number of aromatic nitrogens is 2. The number of ether oxygens (including phenoxy) is 1. The summed E-state index contributed by atoms with van der Waals surface area (Å²) < 4.78 is 5.40. The summed E-state index contributed by atoms with van der Waals surface area (Å²) in [7, 11) is 0. The minimum absolute atomic E-state index is 0.0225. The number of hydrogen-bond donors (Lipinski definition) is 0. The predicted molar refractivity (Wildman–Crippen MR) is 84.8 cm³/mol. The predicted octanol–water partition coefficient (Wildman–Crippen LogP) is 2.75. The van der Waals surface area contributed by atoms with Crippen LogP contribution >= 0.6 is 0 Å². The molecule has 0 radical (unpaired) electrons. The Labute approximate surface area is 134 Å². The molecule has 1 aliphatic carbocycles. The second-order valence-corrected chi connectivity index (χ2v) is 5.69. The first kappa shape index (κ1) is 13.8. The van der Waals surface area contributed by atoms with Crippen LogP contribution in [0.15, 0.2) is 42.9 Å². The molecule has 0 spiro atoms. The van der Waals surface area contributed by atoms with Crippen LogP contribution < -0.4 is 4.90 Å². The Kier molecular flexibility index (Phi) is 3.43. The van der Waals surface area contributed by atoms with Crippen LogP contribution in [0.2, 0.25) is 0 Å². The van der Waals surface area contributed by atoms with Gasteiger partial charge in [-0.2, -0.15) is 0 Å². The Morgan fingerprint density at radius 3 is 2.74 bits per heavy atom. The van der Waals surface area contributed by atoms with Crippen molar-refractivity contribution in [3.63, 3.8) is 0 Å². The summed E-state index contributed by atoms with van der Waals surface area (Å²) in [6.45, 7) is 0. The van der Waals surface area contributed by atoms with Crippen LogP contribution in [-0.2, 0) is 4.74 Å². The van der Waals surface area contributed by atoms with Crippen LogP contribution in [0.4, 0.5) is 10.6 Å². The van der Waals surface area contributed by atoms with Gasteiger partial charge in [0.2, 0.25) is 0 Å². The van der Waals surface area contributed by atoms with Crippen molar-refractivity contribution < 1.29 is 9.53 Å². The quantitative estimate of drug-likeness (QED) is 0.760. The summed E-state index contributed by atoms with van der Waals surface area (Å²) in [6, 6.07) is 7.59. The molecule has 5 heteroatoms. The Morgan fingerprint density at radius 1 is 1.13 bits per heavy atom. The first-order valence-electron chi connectivity index (χ1n) is 7.69. The molecule has 23 heavy (non-hydrogen) atoms. The lowest BCUT2D eigenvalue weighted by atomic mass is 10.2. The van der Waals surface area contributed by atoms with E-state index in [2.05, 4.69) is 21.8 Å². The molecule has 0 unspecified atom stereocenters. The molecule has 0 aromatic carbocycles. The Bertz CT molecular complexity index is 777. The second kappa shape index (κ2) is 5.73. The number of amides is 1. The SMILES string of the molecule is O=C1O[C@H]2CCC[C@H]2N1c1ccc(C#Cc2cccnc2)cn1. The third kappa shape index (κ3) is 2.64. The van der Waals surface area contributed by atoms with Gasteiger partial charge in [-0.05, 0) is 43.5 Å². The normalized spacial score (nSPS) is 22.3. The third-order valence-electron chi connectivity index (χ3n) is 4.21. The zero-order valence-electron chi connectivity index (χ0n) is 12.5. The lowest BCUT2D eigenvalue weighted by Gasteiger charge is -2.18. The Morgan fingerprint density at radius 2 is 2.00 bits per heavy atom. The van der Waals surface area contributed by atoms with Crippen molar-refractivity contribution in [3.05, 3.63) is 54.0 Å². The summed E-state index contributed by atoms with van der Waals surface area (Å²) in [6.07, 6.45) is 7.86.